The molecule has 0 amide bonds. The third-order valence-electron chi connectivity index (χ3n) is 5.02. The molecule has 0 spiro atoms. The van der Waals surface area contributed by atoms with Gasteiger partial charge in [-0.3, -0.25) is 0 Å². The summed E-state index contributed by atoms with van der Waals surface area (Å²) in [7, 11) is 2.19. The molecule has 1 saturated heterocycles. The van der Waals surface area contributed by atoms with E-state index in [1.165, 1.54) is 35.7 Å². The number of hydrogen-bond acceptors (Lipinski definition) is 3. The Morgan fingerprint density at radius 3 is 2.35 bits per heavy atom. The summed E-state index contributed by atoms with van der Waals surface area (Å²) in [5.74, 6) is 0.631. The summed E-state index contributed by atoms with van der Waals surface area (Å²) in [4.78, 5) is 2.39. The molecule has 0 saturated carbocycles. The Balaban J connectivity index is 0.00000117. The van der Waals surface area contributed by atoms with Crippen LogP contribution >= 0.6 is 0 Å². The monoisotopic (exact) mass is 351 g/mol. The molecule has 0 radical (unpaired) electrons. The minimum Gasteiger partial charge on any atom is -0.380 e. The van der Waals surface area contributed by atoms with Crippen LogP contribution in [0.15, 0.2) is 42.5 Å². The minimum atomic E-state index is 0.631. The van der Waals surface area contributed by atoms with Crippen molar-refractivity contribution in [2.75, 3.05) is 25.5 Å². The number of hydrogen-bond donors (Lipinski definition) is 2. The predicted octanol–water partition coefficient (Wildman–Crippen LogP) is 5.44. The number of benzene rings is 2. The maximum atomic E-state index is 7.77. The zero-order valence-corrected chi connectivity index (χ0v) is 16.7. The first-order valence-electron chi connectivity index (χ1n) is 9.78. The summed E-state index contributed by atoms with van der Waals surface area (Å²) >= 11 is 0. The van der Waals surface area contributed by atoms with Crippen molar-refractivity contribution in [1.29, 1.82) is 5.41 Å². The molecule has 3 nitrogen and oxygen atoms in total. The third-order valence-corrected chi connectivity index (χ3v) is 5.02. The molecule has 2 N–H and O–H groups in total. The second kappa shape index (κ2) is 10.1. The lowest BCUT2D eigenvalue weighted by Crippen LogP contribution is -2.29. The summed E-state index contributed by atoms with van der Waals surface area (Å²) in [6.07, 6.45) is 3.89. The summed E-state index contributed by atoms with van der Waals surface area (Å²) in [5.41, 5.74) is 5.95. The first kappa shape index (κ1) is 20.2. The van der Waals surface area contributed by atoms with Crippen LogP contribution in [0, 0.1) is 12.3 Å². The van der Waals surface area contributed by atoms with Gasteiger partial charge in [-0.2, -0.15) is 0 Å². The van der Waals surface area contributed by atoms with E-state index < -0.39 is 0 Å². The molecule has 1 aliphatic heterocycles. The molecule has 2 aromatic rings. The fourth-order valence-electron chi connectivity index (χ4n) is 3.36. The van der Waals surface area contributed by atoms with E-state index >= 15 is 0 Å². The zero-order chi connectivity index (χ0) is 18.9. The van der Waals surface area contributed by atoms with E-state index in [0.717, 1.165) is 30.9 Å². The van der Waals surface area contributed by atoms with Crippen molar-refractivity contribution in [2.45, 2.75) is 46.1 Å². The van der Waals surface area contributed by atoms with Crippen molar-refractivity contribution < 1.29 is 0 Å². The Labute approximate surface area is 158 Å². The van der Waals surface area contributed by atoms with Crippen LogP contribution in [-0.4, -0.2) is 31.3 Å². The first-order chi connectivity index (χ1) is 12.7. The van der Waals surface area contributed by atoms with Crippen molar-refractivity contribution in [3.8, 4) is 0 Å². The van der Waals surface area contributed by atoms with Crippen LogP contribution in [-0.2, 0) is 6.54 Å². The number of anilines is 1. The Kier molecular flexibility index (Phi) is 7.86. The fraction of sp³-hybridized carbons (Fsp3) is 0.435. The van der Waals surface area contributed by atoms with Gasteiger partial charge in [0.15, 0.2) is 0 Å². The van der Waals surface area contributed by atoms with Crippen LogP contribution in [0.4, 0.5) is 5.69 Å². The molecular formula is C23H33N3. The highest BCUT2D eigenvalue weighted by atomic mass is 15.1. The smallest absolute Gasteiger partial charge is 0.0432 e. The average Bonchev–Trinajstić information content (AvgIpc) is 2.69. The molecule has 0 atom stereocenters. The van der Waals surface area contributed by atoms with E-state index in [0.29, 0.717) is 5.92 Å². The van der Waals surface area contributed by atoms with Gasteiger partial charge in [0.2, 0.25) is 0 Å². The Bertz CT molecular complexity index is 683. The molecule has 2 aromatic carbocycles. The lowest BCUT2D eigenvalue weighted by molar-refractivity contribution is 0.255. The Morgan fingerprint density at radius 1 is 1.08 bits per heavy atom. The number of likely N-dealkylation sites (tertiary alicyclic amines) is 1. The van der Waals surface area contributed by atoms with Gasteiger partial charge in [-0.1, -0.05) is 49.7 Å². The molecule has 140 valence electrons. The molecule has 0 bridgehead atoms. The van der Waals surface area contributed by atoms with Gasteiger partial charge in [0.25, 0.3) is 0 Å². The number of nitrogens with zero attached hydrogens (tertiary/aromatic N) is 1. The van der Waals surface area contributed by atoms with Crippen molar-refractivity contribution in [2.24, 2.45) is 0 Å². The normalized spacial score (nSPS) is 15.1. The maximum Gasteiger partial charge on any atom is 0.0432 e. The third kappa shape index (κ3) is 5.43. The summed E-state index contributed by atoms with van der Waals surface area (Å²) in [6.45, 7) is 9.22. The topological polar surface area (TPSA) is 39.1 Å². The van der Waals surface area contributed by atoms with Crippen LogP contribution in [0.3, 0.4) is 0 Å². The van der Waals surface area contributed by atoms with E-state index in [1.54, 1.807) is 0 Å². The highest BCUT2D eigenvalue weighted by Gasteiger charge is 2.19. The Morgan fingerprint density at radius 2 is 1.73 bits per heavy atom. The first-order valence-corrected chi connectivity index (χ1v) is 9.78. The minimum absolute atomic E-state index is 0.631. The number of aryl methyl sites for hydroxylation is 1. The van der Waals surface area contributed by atoms with Gasteiger partial charge in [0.1, 0.15) is 0 Å². The highest BCUT2D eigenvalue weighted by Crippen LogP contribution is 2.30. The lowest BCUT2D eigenvalue weighted by Gasteiger charge is -2.29. The van der Waals surface area contributed by atoms with Crippen molar-refractivity contribution in [1.82, 2.24) is 4.90 Å². The van der Waals surface area contributed by atoms with Gasteiger partial charge in [-0.15, -0.1) is 0 Å². The molecule has 1 fully saturated rings. The van der Waals surface area contributed by atoms with E-state index in [1.807, 2.05) is 13.8 Å². The molecule has 3 rings (SSSR count). The van der Waals surface area contributed by atoms with Crippen molar-refractivity contribution >= 4 is 11.9 Å². The van der Waals surface area contributed by atoms with E-state index in [2.05, 4.69) is 66.7 Å². The van der Waals surface area contributed by atoms with Crippen molar-refractivity contribution in [3.05, 3.63) is 64.7 Å². The fourth-order valence-corrected chi connectivity index (χ4v) is 3.36. The van der Waals surface area contributed by atoms with Gasteiger partial charge in [0.05, 0.1) is 0 Å². The molecule has 1 heterocycles. The van der Waals surface area contributed by atoms with Crippen LogP contribution in [0.25, 0.3) is 0 Å². The van der Waals surface area contributed by atoms with Gasteiger partial charge in [0, 0.05) is 24.0 Å². The van der Waals surface area contributed by atoms with Gasteiger partial charge in [-0.05, 0) is 69.1 Å². The SMILES string of the molecule is CC.Cc1ccc(CNc2ccc(C3CCN(C)CC3)cc2C=N)cc1. The molecular weight excluding hydrogens is 318 g/mol. The van der Waals surface area contributed by atoms with Gasteiger partial charge >= 0.3 is 0 Å². The molecule has 3 heteroatoms. The number of piperidine rings is 1. The Hall–Kier alpha value is -2.13. The van der Waals surface area contributed by atoms with Gasteiger partial charge < -0.3 is 15.6 Å². The average molecular weight is 352 g/mol. The highest BCUT2D eigenvalue weighted by molar-refractivity contribution is 5.86. The van der Waals surface area contributed by atoms with E-state index in [9.17, 15) is 0 Å². The lowest BCUT2D eigenvalue weighted by atomic mass is 9.88. The summed E-state index contributed by atoms with van der Waals surface area (Å²) in [5, 5.41) is 11.2. The standard InChI is InChI=1S/C21H27N3.C2H6/c1-16-3-5-17(6-4-16)15-23-21-8-7-19(13-20(21)14-22)18-9-11-24(2)12-10-18;1-2/h3-8,13-14,18,22-23H,9-12,15H2,1-2H3;1-2H3. The summed E-state index contributed by atoms with van der Waals surface area (Å²) in [6, 6.07) is 15.2. The number of rotatable bonds is 5. The molecule has 1 aliphatic rings. The van der Waals surface area contributed by atoms with Crippen LogP contribution in [0.5, 0.6) is 0 Å². The quantitative estimate of drug-likeness (QED) is 0.704. The van der Waals surface area contributed by atoms with Gasteiger partial charge in [-0.25, -0.2) is 0 Å². The molecule has 26 heavy (non-hydrogen) atoms. The van der Waals surface area contributed by atoms with Crippen LogP contribution < -0.4 is 5.32 Å². The summed E-state index contributed by atoms with van der Waals surface area (Å²) < 4.78 is 0. The van der Waals surface area contributed by atoms with E-state index in [-0.39, 0.29) is 0 Å². The zero-order valence-electron chi connectivity index (χ0n) is 16.7. The second-order valence-corrected chi connectivity index (χ2v) is 6.91. The molecule has 0 aromatic heterocycles. The predicted molar refractivity (Wildman–Crippen MR) is 114 cm³/mol. The molecule has 0 unspecified atom stereocenters. The van der Waals surface area contributed by atoms with E-state index in [4.69, 9.17) is 5.41 Å². The number of nitrogens with one attached hydrogen (secondary N) is 2. The largest absolute Gasteiger partial charge is 0.380 e. The van der Waals surface area contributed by atoms with Crippen LogP contribution in [0.2, 0.25) is 0 Å². The molecule has 0 aliphatic carbocycles. The second-order valence-electron chi connectivity index (χ2n) is 6.91. The van der Waals surface area contributed by atoms with Crippen molar-refractivity contribution in [3.63, 3.8) is 0 Å². The maximum absolute atomic E-state index is 7.77. The van der Waals surface area contributed by atoms with Crippen LogP contribution in [0.1, 0.15) is 54.9 Å².